The fourth-order valence-electron chi connectivity index (χ4n) is 2.43. The highest BCUT2D eigenvalue weighted by Gasteiger charge is 2.19. The second-order valence-corrected chi connectivity index (χ2v) is 5.31. The first-order valence-corrected chi connectivity index (χ1v) is 6.94. The molecule has 106 valence electrons. The normalized spacial score (nSPS) is 16.9. The third-order valence-corrected chi connectivity index (χ3v) is 3.50. The number of methoxy groups -OCH3 is 1. The summed E-state index contributed by atoms with van der Waals surface area (Å²) in [6, 6.07) is 6.04. The number of piperidine rings is 1. The second kappa shape index (κ2) is 6.15. The Morgan fingerprint density at radius 1 is 1.26 bits per heavy atom. The van der Waals surface area contributed by atoms with Crippen LogP contribution in [0.5, 0.6) is 5.75 Å². The number of hydrogen-bond donors (Lipinski definition) is 1. The number of nitrogens with zero attached hydrogens (tertiary/aromatic N) is 1. The van der Waals surface area contributed by atoms with Crippen molar-refractivity contribution in [3.05, 3.63) is 18.2 Å². The first-order valence-electron chi connectivity index (χ1n) is 6.94. The smallest absolute Gasteiger partial charge is 0.144 e. The van der Waals surface area contributed by atoms with Gasteiger partial charge in [0, 0.05) is 32.0 Å². The maximum absolute atomic E-state index is 5.95. The average molecular weight is 264 g/mol. The molecule has 0 saturated carbocycles. The van der Waals surface area contributed by atoms with Crippen molar-refractivity contribution in [3.8, 4) is 5.75 Å². The quantitative estimate of drug-likeness (QED) is 0.849. The maximum atomic E-state index is 5.95. The molecule has 0 bridgehead atoms. The lowest BCUT2D eigenvalue weighted by Gasteiger charge is -2.33. The molecule has 0 spiro atoms. The number of rotatable bonds is 4. The molecule has 4 nitrogen and oxygen atoms in total. The van der Waals surface area contributed by atoms with E-state index in [0.29, 0.717) is 11.8 Å². The van der Waals surface area contributed by atoms with Crippen LogP contribution < -0.4 is 15.4 Å². The van der Waals surface area contributed by atoms with Gasteiger partial charge in [0.05, 0.1) is 17.9 Å². The molecule has 0 atom stereocenters. The largest absolute Gasteiger partial charge is 0.489 e. The Labute approximate surface area is 115 Å². The molecular weight excluding hydrogens is 240 g/mol. The summed E-state index contributed by atoms with van der Waals surface area (Å²) in [6.45, 7) is 6.06. The van der Waals surface area contributed by atoms with Gasteiger partial charge < -0.3 is 20.1 Å². The number of nitrogen functional groups attached to an aromatic ring is 1. The van der Waals surface area contributed by atoms with Gasteiger partial charge in [0.15, 0.2) is 0 Å². The van der Waals surface area contributed by atoms with Crippen molar-refractivity contribution in [2.75, 3.05) is 30.8 Å². The van der Waals surface area contributed by atoms with Gasteiger partial charge in [-0.3, -0.25) is 0 Å². The van der Waals surface area contributed by atoms with Crippen molar-refractivity contribution in [1.82, 2.24) is 0 Å². The Morgan fingerprint density at radius 2 is 1.95 bits per heavy atom. The standard InChI is InChI=1S/C15H24N2O2/c1-11(2)19-15-10-12(4-5-14(15)16)17-8-6-13(18-3)7-9-17/h4-5,10-11,13H,6-9,16H2,1-3H3. The number of benzene rings is 1. The predicted molar refractivity (Wildman–Crippen MR) is 78.9 cm³/mol. The topological polar surface area (TPSA) is 47.7 Å². The van der Waals surface area contributed by atoms with E-state index in [-0.39, 0.29) is 6.10 Å². The molecule has 1 aromatic rings. The van der Waals surface area contributed by atoms with Crippen LogP contribution in [0.25, 0.3) is 0 Å². The minimum Gasteiger partial charge on any atom is -0.489 e. The Hall–Kier alpha value is -1.42. The molecule has 1 saturated heterocycles. The molecule has 1 heterocycles. The van der Waals surface area contributed by atoms with E-state index in [2.05, 4.69) is 11.0 Å². The molecule has 0 aromatic heterocycles. The minimum atomic E-state index is 0.136. The van der Waals surface area contributed by atoms with Crippen molar-refractivity contribution in [3.63, 3.8) is 0 Å². The van der Waals surface area contributed by atoms with Gasteiger partial charge >= 0.3 is 0 Å². The van der Waals surface area contributed by atoms with Crippen LogP contribution in [0.2, 0.25) is 0 Å². The number of anilines is 2. The zero-order chi connectivity index (χ0) is 13.8. The molecule has 1 fully saturated rings. The molecule has 2 rings (SSSR count). The summed E-state index contributed by atoms with van der Waals surface area (Å²) in [5, 5.41) is 0. The average Bonchev–Trinajstić information content (AvgIpc) is 2.41. The Bertz CT molecular complexity index is 413. The minimum absolute atomic E-state index is 0.136. The molecule has 1 aromatic carbocycles. The van der Waals surface area contributed by atoms with Crippen LogP contribution in [-0.2, 0) is 4.74 Å². The molecule has 1 aliphatic heterocycles. The second-order valence-electron chi connectivity index (χ2n) is 5.31. The summed E-state index contributed by atoms with van der Waals surface area (Å²) in [4.78, 5) is 2.36. The molecular formula is C15H24N2O2. The molecule has 0 unspecified atom stereocenters. The van der Waals surface area contributed by atoms with Crippen LogP contribution in [0, 0.1) is 0 Å². The number of ether oxygens (including phenoxy) is 2. The monoisotopic (exact) mass is 264 g/mol. The molecule has 0 aliphatic carbocycles. The van der Waals surface area contributed by atoms with Gasteiger partial charge in [0.2, 0.25) is 0 Å². The van der Waals surface area contributed by atoms with E-state index in [1.165, 1.54) is 5.69 Å². The van der Waals surface area contributed by atoms with Crippen LogP contribution in [0.15, 0.2) is 18.2 Å². The fraction of sp³-hybridized carbons (Fsp3) is 0.600. The van der Waals surface area contributed by atoms with Crippen molar-refractivity contribution in [1.29, 1.82) is 0 Å². The third kappa shape index (κ3) is 3.53. The molecule has 1 aliphatic rings. The highest BCUT2D eigenvalue weighted by molar-refractivity contribution is 5.62. The van der Waals surface area contributed by atoms with Crippen LogP contribution in [0.3, 0.4) is 0 Å². The van der Waals surface area contributed by atoms with Gasteiger partial charge in [-0.15, -0.1) is 0 Å². The number of hydrogen-bond acceptors (Lipinski definition) is 4. The van der Waals surface area contributed by atoms with Crippen LogP contribution in [0.1, 0.15) is 26.7 Å². The summed E-state index contributed by atoms with van der Waals surface area (Å²) in [5.41, 5.74) is 7.83. The predicted octanol–water partition coefficient (Wildman–Crippen LogP) is 2.67. The highest BCUT2D eigenvalue weighted by atomic mass is 16.5. The Kier molecular flexibility index (Phi) is 4.53. The fourth-order valence-corrected chi connectivity index (χ4v) is 2.43. The van der Waals surface area contributed by atoms with E-state index in [1.54, 1.807) is 7.11 Å². The lowest BCUT2D eigenvalue weighted by Crippen LogP contribution is -2.36. The summed E-state index contributed by atoms with van der Waals surface area (Å²) in [5.74, 6) is 0.779. The van der Waals surface area contributed by atoms with Gasteiger partial charge in [-0.1, -0.05) is 0 Å². The van der Waals surface area contributed by atoms with Crippen molar-refractivity contribution < 1.29 is 9.47 Å². The van der Waals surface area contributed by atoms with E-state index >= 15 is 0 Å². The summed E-state index contributed by atoms with van der Waals surface area (Å²) in [7, 11) is 1.79. The molecule has 2 N–H and O–H groups in total. The van der Waals surface area contributed by atoms with Crippen molar-refractivity contribution in [2.45, 2.75) is 38.9 Å². The van der Waals surface area contributed by atoms with Crippen LogP contribution >= 0.6 is 0 Å². The molecule has 0 amide bonds. The SMILES string of the molecule is COC1CCN(c2ccc(N)c(OC(C)C)c2)CC1. The molecule has 0 radical (unpaired) electrons. The molecule has 4 heteroatoms. The van der Waals surface area contributed by atoms with Gasteiger partial charge in [-0.25, -0.2) is 0 Å². The Balaban J connectivity index is 2.08. The summed E-state index contributed by atoms with van der Waals surface area (Å²) < 4.78 is 11.1. The Morgan fingerprint density at radius 3 is 2.53 bits per heavy atom. The lowest BCUT2D eigenvalue weighted by molar-refractivity contribution is 0.0819. The van der Waals surface area contributed by atoms with Crippen molar-refractivity contribution >= 4 is 11.4 Å². The van der Waals surface area contributed by atoms with Gasteiger partial charge in [-0.2, -0.15) is 0 Å². The van der Waals surface area contributed by atoms with Crippen LogP contribution in [-0.4, -0.2) is 32.4 Å². The zero-order valence-electron chi connectivity index (χ0n) is 12.1. The highest BCUT2D eigenvalue weighted by Crippen LogP contribution is 2.30. The number of nitrogens with two attached hydrogens (primary N) is 1. The van der Waals surface area contributed by atoms with E-state index in [1.807, 2.05) is 26.0 Å². The van der Waals surface area contributed by atoms with E-state index in [9.17, 15) is 0 Å². The third-order valence-electron chi connectivity index (χ3n) is 3.50. The lowest BCUT2D eigenvalue weighted by atomic mass is 10.1. The van der Waals surface area contributed by atoms with Gasteiger partial charge in [-0.05, 0) is 38.8 Å². The summed E-state index contributed by atoms with van der Waals surface area (Å²) in [6.07, 6.45) is 2.68. The van der Waals surface area contributed by atoms with E-state index < -0.39 is 0 Å². The first-order chi connectivity index (χ1) is 9.10. The molecule has 19 heavy (non-hydrogen) atoms. The van der Waals surface area contributed by atoms with E-state index in [0.717, 1.165) is 31.7 Å². The zero-order valence-corrected chi connectivity index (χ0v) is 12.1. The van der Waals surface area contributed by atoms with Gasteiger partial charge in [0.25, 0.3) is 0 Å². The van der Waals surface area contributed by atoms with Gasteiger partial charge in [0.1, 0.15) is 5.75 Å². The first kappa shape index (κ1) is 14.0. The van der Waals surface area contributed by atoms with E-state index in [4.69, 9.17) is 15.2 Å². The summed E-state index contributed by atoms with van der Waals surface area (Å²) >= 11 is 0. The van der Waals surface area contributed by atoms with Crippen molar-refractivity contribution in [2.24, 2.45) is 0 Å². The van der Waals surface area contributed by atoms with Crippen LogP contribution in [0.4, 0.5) is 11.4 Å². The maximum Gasteiger partial charge on any atom is 0.144 e.